The van der Waals surface area contributed by atoms with Crippen LogP contribution in [0.4, 0.5) is 0 Å². The standard InChI is InChI=1S/C11H14ClN/c12-11-3-7-1-8(4-11)10(6-13)9(2-7)5-11/h7-10H,1-5H2. The first-order valence-corrected chi connectivity index (χ1v) is 5.66. The summed E-state index contributed by atoms with van der Waals surface area (Å²) in [5.74, 6) is 2.45. The smallest absolute Gasteiger partial charge is 0.0661 e. The van der Waals surface area contributed by atoms with Gasteiger partial charge in [0.1, 0.15) is 0 Å². The van der Waals surface area contributed by atoms with E-state index in [1.54, 1.807) is 0 Å². The van der Waals surface area contributed by atoms with Gasteiger partial charge in [-0.25, -0.2) is 0 Å². The van der Waals surface area contributed by atoms with Gasteiger partial charge in [-0.05, 0) is 49.9 Å². The third-order valence-corrected chi connectivity index (χ3v) is 4.81. The molecule has 0 aromatic heterocycles. The molecule has 0 amide bonds. The average molecular weight is 196 g/mol. The lowest BCUT2D eigenvalue weighted by Gasteiger charge is -2.56. The molecule has 4 aliphatic carbocycles. The molecule has 2 heteroatoms. The SMILES string of the molecule is N#CC1C2CC3CC1CC(Cl)(C3)C2. The molecule has 0 N–H and O–H groups in total. The van der Waals surface area contributed by atoms with E-state index in [-0.39, 0.29) is 4.87 Å². The quantitative estimate of drug-likeness (QED) is 0.546. The van der Waals surface area contributed by atoms with Crippen LogP contribution in [-0.4, -0.2) is 4.87 Å². The van der Waals surface area contributed by atoms with Crippen molar-refractivity contribution < 1.29 is 0 Å². The molecule has 1 nitrogen and oxygen atoms in total. The van der Waals surface area contributed by atoms with Crippen LogP contribution >= 0.6 is 11.6 Å². The van der Waals surface area contributed by atoms with Crippen LogP contribution < -0.4 is 0 Å². The highest BCUT2D eigenvalue weighted by Crippen LogP contribution is 2.60. The third kappa shape index (κ3) is 1.05. The van der Waals surface area contributed by atoms with Gasteiger partial charge in [-0.1, -0.05) is 0 Å². The Morgan fingerprint density at radius 1 is 1.15 bits per heavy atom. The van der Waals surface area contributed by atoms with E-state index < -0.39 is 0 Å². The van der Waals surface area contributed by atoms with Crippen molar-refractivity contribution in [1.29, 1.82) is 5.26 Å². The Labute approximate surface area is 84.1 Å². The number of hydrogen-bond donors (Lipinski definition) is 0. The van der Waals surface area contributed by atoms with Crippen LogP contribution in [0.2, 0.25) is 0 Å². The Balaban J connectivity index is 1.95. The van der Waals surface area contributed by atoms with Gasteiger partial charge in [0.05, 0.1) is 12.0 Å². The monoisotopic (exact) mass is 195 g/mol. The number of rotatable bonds is 0. The van der Waals surface area contributed by atoms with Crippen LogP contribution in [0.5, 0.6) is 0 Å². The predicted molar refractivity (Wildman–Crippen MR) is 51.2 cm³/mol. The second kappa shape index (κ2) is 2.42. The molecule has 70 valence electrons. The molecule has 0 spiro atoms. The van der Waals surface area contributed by atoms with E-state index >= 15 is 0 Å². The maximum Gasteiger partial charge on any atom is 0.0661 e. The maximum absolute atomic E-state index is 9.09. The Kier molecular flexibility index (Phi) is 1.51. The molecule has 0 heterocycles. The zero-order valence-corrected chi connectivity index (χ0v) is 8.43. The fourth-order valence-corrected chi connectivity index (χ4v) is 4.75. The normalized spacial score (nSPS) is 57.8. The molecule has 0 aromatic carbocycles. The van der Waals surface area contributed by atoms with E-state index in [9.17, 15) is 0 Å². The van der Waals surface area contributed by atoms with Crippen molar-refractivity contribution in [2.24, 2.45) is 23.7 Å². The fraction of sp³-hybridized carbons (Fsp3) is 0.909. The van der Waals surface area contributed by atoms with E-state index in [0.717, 1.165) is 18.8 Å². The highest BCUT2D eigenvalue weighted by Gasteiger charge is 2.54. The lowest BCUT2D eigenvalue weighted by atomic mass is 9.52. The molecule has 0 aromatic rings. The third-order valence-electron chi connectivity index (χ3n) is 4.35. The molecule has 4 fully saturated rings. The zero-order valence-electron chi connectivity index (χ0n) is 7.67. The summed E-state index contributed by atoms with van der Waals surface area (Å²) >= 11 is 6.54. The lowest BCUT2D eigenvalue weighted by molar-refractivity contribution is 0.000672. The summed E-state index contributed by atoms with van der Waals surface area (Å²) in [7, 11) is 0. The van der Waals surface area contributed by atoms with Crippen LogP contribution in [-0.2, 0) is 0 Å². The Morgan fingerprint density at radius 2 is 1.77 bits per heavy atom. The van der Waals surface area contributed by atoms with E-state index in [2.05, 4.69) is 6.07 Å². The van der Waals surface area contributed by atoms with Gasteiger partial charge in [-0.15, -0.1) is 11.6 Å². The molecule has 0 radical (unpaired) electrons. The van der Waals surface area contributed by atoms with Crippen molar-refractivity contribution in [3.05, 3.63) is 0 Å². The van der Waals surface area contributed by atoms with Crippen molar-refractivity contribution in [3.8, 4) is 6.07 Å². The van der Waals surface area contributed by atoms with E-state index in [1.807, 2.05) is 0 Å². The van der Waals surface area contributed by atoms with Gasteiger partial charge in [0, 0.05) is 4.87 Å². The first kappa shape index (κ1) is 8.12. The molecule has 4 saturated carbocycles. The molecular weight excluding hydrogens is 182 g/mol. The average Bonchev–Trinajstić information content (AvgIpc) is 2.00. The van der Waals surface area contributed by atoms with Gasteiger partial charge in [-0.2, -0.15) is 5.26 Å². The highest BCUT2D eigenvalue weighted by atomic mass is 35.5. The molecule has 2 atom stereocenters. The van der Waals surface area contributed by atoms with Gasteiger partial charge >= 0.3 is 0 Å². The van der Waals surface area contributed by atoms with Crippen molar-refractivity contribution in [2.75, 3.05) is 0 Å². The van der Waals surface area contributed by atoms with E-state index in [4.69, 9.17) is 16.9 Å². The van der Waals surface area contributed by atoms with Crippen LogP contribution in [0.25, 0.3) is 0 Å². The van der Waals surface area contributed by atoms with Crippen LogP contribution in [0, 0.1) is 35.0 Å². The van der Waals surface area contributed by atoms with Crippen molar-refractivity contribution in [3.63, 3.8) is 0 Å². The van der Waals surface area contributed by atoms with Gasteiger partial charge in [-0.3, -0.25) is 0 Å². The first-order valence-electron chi connectivity index (χ1n) is 5.29. The zero-order chi connectivity index (χ0) is 9.05. The molecule has 4 aliphatic rings. The second-order valence-corrected chi connectivity index (χ2v) is 6.08. The van der Waals surface area contributed by atoms with Crippen LogP contribution in [0.15, 0.2) is 0 Å². The topological polar surface area (TPSA) is 23.8 Å². The summed E-state index contributed by atoms with van der Waals surface area (Å²) in [4.78, 5) is 0.101. The minimum Gasteiger partial charge on any atom is -0.198 e. The Bertz CT molecular complexity index is 264. The van der Waals surface area contributed by atoms with Crippen molar-refractivity contribution in [2.45, 2.75) is 37.0 Å². The molecule has 4 rings (SSSR count). The van der Waals surface area contributed by atoms with Gasteiger partial charge in [0.15, 0.2) is 0 Å². The number of alkyl halides is 1. The fourth-order valence-electron chi connectivity index (χ4n) is 4.14. The largest absolute Gasteiger partial charge is 0.198 e. The number of hydrogen-bond acceptors (Lipinski definition) is 1. The minimum absolute atomic E-state index is 0.101. The summed E-state index contributed by atoms with van der Waals surface area (Å²) in [5, 5.41) is 9.09. The van der Waals surface area contributed by atoms with Gasteiger partial charge in [0.25, 0.3) is 0 Å². The summed E-state index contributed by atoms with van der Waals surface area (Å²) in [6.45, 7) is 0. The van der Waals surface area contributed by atoms with Crippen LogP contribution in [0.1, 0.15) is 32.1 Å². The summed E-state index contributed by atoms with van der Waals surface area (Å²) in [6.07, 6.45) is 6.01. The van der Waals surface area contributed by atoms with Crippen LogP contribution in [0.3, 0.4) is 0 Å². The van der Waals surface area contributed by atoms with Crippen molar-refractivity contribution in [1.82, 2.24) is 0 Å². The summed E-state index contributed by atoms with van der Waals surface area (Å²) in [6, 6.07) is 2.51. The minimum atomic E-state index is 0.101. The van der Waals surface area contributed by atoms with E-state index in [1.165, 1.54) is 19.3 Å². The molecule has 2 unspecified atom stereocenters. The molecule has 13 heavy (non-hydrogen) atoms. The molecular formula is C11H14ClN. The summed E-state index contributed by atoms with van der Waals surface area (Å²) < 4.78 is 0. The molecule has 0 saturated heterocycles. The van der Waals surface area contributed by atoms with Crippen molar-refractivity contribution >= 4 is 11.6 Å². The molecule has 0 aliphatic heterocycles. The van der Waals surface area contributed by atoms with Gasteiger partial charge < -0.3 is 0 Å². The first-order chi connectivity index (χ1) is 6.20. The van der Waals surface area contributed by atoms with E-state index in [0.29, 0.717) is 17.8 Å². The lowest BCUT2D eigenvalue weighted by Crippen LogP contribution is -2.51. The number of halogens is 1. The second-order valence-electron chi connectivity index (χ2n) is 5.28. The Hall–Kier alpha value is -0.220. The molecule has 4 bridgehead atoms. The highest BCUT2D eigenvalue weighted by molar-refractivity contribution is 6.24. The maximum atomic E-state index is 9.09. The number of nitrogens with zero attached hydrogens (tertiary/aromatic N) is 1. The summed E-state index contributed by atoms with van der Waals surface area (Å²) in [5.41, 5.74) is 0. The Morgan fingerprint density at radius 3 is 2.23 bits per heavy atom. The predicted octanol–water partition coefficient (Wildman–Crippen LogP) is 2.94. The van der Waals surface area contributed by atoms with Gasteiger partial charge in [0.2, 0.25) is 0 Å². The number of nitriles is 1.